The van der Waals surface area contributed by atoms with Gasteiger partial charge >= 0.3 is 0 Å². The summed E-state index contributed by atoms with van der Waals surface area (Å²) in [5, 5.41) is 10.6. The molecule has 0 spiro atoms. The molecule has 0 saturated carbocycles. The Labute approximate surface area is 132 Å². The van der Waals surface area contributed by atoms with E-state index >= 15 is 0 Å². The molecule has 0 radical (unpaired) electrons. The van der Waals surface area contributed by atoms with Crippen LogP contribution in [0, 0.1) is 6.92 Å². The number of anilines is 1. The number of nitrogens with one attached hydrogen (secondary N) is 1. The van der Waals surface area contributed by atoms with Gasteiger partial charge in [0.1, 0.15) is 5.76 Å². The maximum Gasteiger partial charge on any atom is 0.266 e. The van der Waals surface area contributed by atoms with Gasteiger partial charge < -0.3 is 14.6 Å². The van der Waals surface area contributed by atoms with Gasteiger partial charge in [-0.05, 0) is 26.0 Å². The predicted octanol–water partition coefficient (Wildman–Crippen LogP) is 2.57. The first-order chi connectivity index (χ1) is 11.1. The average Bonchev–Trinajstić information content (AvgIpc) is 3.17. The number of amides is 1. The van der Waals surface area contributed by atoms with E-state index in [1.807, 2.05) is 30.3 Å². The lowest BCUT2D eigenvalue weighted by Gasteiger charge is -2.11. The Bertz CT molecular complexity index is 795. The number of hydrogen-bond donors (Lipinski definition) is 1. The SMILES string of the molecule is Cc1cc(NC(=O)C(C)Oc2ccn(-c3ccccc3)n2)no1. The van der Waals surface area contributed by atoms with Gasteiger partial charge in [0.2, 0.25) is 5.88 Å². The quantitative estimate of drug-likeness (QED) is 0.783. The van der Waals surface area contributed by atoms with Crippen LogP contribution < -0.4 is 10.1 Å². The largest absolute Gasteiger partial charge is 0.463 e. The Kier molecular flexibility index (Phi) is 4.09. The van der Waals surface area contributed by atoms with Crippen LogP contribution in [0.2, 0.25) is 0 Å². The first-order valence-corrected chi connectivity index (χ1v) is 7.14. The summed E-state index contributed by atoms with van der Waals surface area (Å²) < 4.78 is 12.1. The monoisotopic (exact) mass is 312 g/mol. The number of ether oxygens (including phenoxy) is 1. The third-order valence-corrected chi connectivity index (χ3v) is 3.13. The highest BCUT2D eigenvalue weighted by atomic mass is 16.5. The van der Waals surface area contributed by atoms with Crippen LogP contribution in [0.3, 0.4) is 0 Å². The number of carbonyl (C=O) groups excluding carboxylic acids is 1. The normalized spacial score (nSPS) is 11.9. The minimum absolute atomic E-state index is 0.326. The zero-order chi connectivity index (χ0) is 16.2. The maximum atomic E-state index is 12.1. The Morgan fingerprint density at radius 3 is 2.78 bits per heavy atom. The van der Waals surface area contributed by atoms with Crippen LogP contribution in [0.5, 0.6) is 5.88 Å². The van der Waals surface area contributed by atoms with E-state index in [-0.39, 0.29) is 5.91 Å². The molecule has 0 fully saturated rings. The van der Waals surface area contributed by atoms with Crippen LogP contribution >= 0.6 is 0 Å². The number of rotatable bonds is 5. The van der Waals surface area contributed by atoms with Crippen LogP contribution in [0.4, 0.5) is 5.82 Å². The summed E-state index contributed by atoms with van der Waals surface area (Å²) >= 11 is 0. The van der Waals surface area contributed by atoms with Gasteiger partial charge in [0.25, 0.3) is 5.91 Å². The van der Waals surface area contributed by atoms with Crippen molar-refractivity contribution in [3.63, 3.8) is 0 Å². The highest BCUT2D eigenvalue weighted by Crippen LogP contribution is 2.14. The Morgan fingerprint density at radius 1 is 1.30 bits per heavy atom. The van der Waals surface area contributed by atoms with E-state index in [0.29, 0.717) is 17.5 Å². The Morgan fingerprint density at radius 2 is 2.09 bits per heavy atom. The van der Waals surface area contributed by atoms with E-state index < -0.39 is 6.10 Å². The fraction of sp³-hybridized carbons (Fsp3) is 0.188. The molecule has 0 bridgehead atoms. The van der Waals surface area contributed by atoms with Gasteiger partial charge in [-0.3, -0.25) is 4.79 Å². The average molecular weight is 312 g/mol. The minimum atomic E-state index is -0.717. The summed E-state index contributed by atoms with van der Waals surface area (Å²) in [4.78, 5) is 12.1. The van der Waals surface area contributed by atoms with Crippen LogP contribution in [-0.4, -0.2) is 26.9 Å². The first kappa shape index (κ1) is 14.8. The van der Waals surface area contributed by atoms with E-state index in [1.165, 1.54) is 0 Å². The van der Waals surface area contributed by atoms with Crippen molar-refractivity contribution < 1.29 is 14.1 Å². The standard InChI is InChI=1S/C16H16N4O3/c1-11-10-14(19-23-11)17-16(21)12(2)22-15-8-9-20(18-15)13-6-4-3-5-7-13/h3-10,12H,1-2H3,(H,17,19,21). The number of carbonyl (C=O) groups is 1. The maximum absolute atomic E-state index is 12.1. The Balaban J connectivity index is 1.62. The van der Waals surface area contributed by atoms with E-state index in [9.17, 15) is 4.79 Å². The minimum Gasteiger partial charge on any atom is -0.463 e. The molecule has 118 valence electrons. The number of nitrogens with zero attached hydrogens (tertiary/aromatic N) is 3. The summed E-state index contributed by atoms with van der Waals surface area (Å²) in [6.45, 7) is 3.39. The second-order valence-electron chi connectivity index (χ2n) is 5.01. The second-order valence-corrected chi connectivity index (χ2v) is 5.01. The molecule has 2 heterocycles. The summed E-state index contributed by atoms with van der Waals surface area (Å²) in [5.41, 5.74) is 0.914. The van der Waals surface area contributed by atoms with Crippen LogP contribution in [0.25, 0.3) is 5.69 Å². The van der Waals surface area contributed by atoms with Crippen molar-refractivity contribution in [3.8, 4) is 11.6 Å². The highest BCUT2D eigenvalue weighted by Gasteiger charge is 2.17. The molecule has 0 aliphatic rings. The molecular weight excluding hydrogens is 296 g/mol. The third-order valence-electron chi connectivity index (χ3n) is 3.13. The van der Waals surface area contributed by atoms with Crippen molar-refractivity contribution in [2.75, 3.05) is 5.32 Å². The lowest BCUT2D eigenvalue weighted by atomic mass is 10.3. The molecule has 2 aromatic heterocycles. The lowest BCUT2D eigenvalue weighted by molar-refractivity contribution is -0.122. The smallest absolute Gasteiger partial charge is 0.266 e. The summed E-state index contributed by atoms with van der Waals surface area (Å²) in [6.07, 6.45) is 1.06. The number of hydrogen-bond acceptors (Lipinski definition) is 5. The van der Waals surface area contributed by atoms with Gasteiger partial charge in [-0.1, -0.05) is 23.4 Å². The van der Waals surface area contributed by atoms with Gasteiger partial charge in [-0.2, -0.15) is 0 Å². The predicted molar refractivity (Wildman–Crippen MR) is 83.5 cm³/mol. The molecule has 3 aromatic rings. The molecule has 1 N–H and O–H groups in total. The zero-order valence-corrected chi connectivity index (χ0v) is 12.8. The third kappa shape index (κ3) is 3.57. The molecular formula is C16H16N4O3. The molecule has 0 aliphatic carbocycles. The Hall–Kier alpha value is -3.09. The highest BCUT2D eigenvalue weighted by molar-refractivity contribution is 5.93. The van der Waals surface area contributed by atoms with Crippen molar-refractivity contribution in [2.24, 2.45) is 0 Å². The van der Waals surface area contributed by atoms with Crippen molar-refractivity contribution in [1.82, 2.24) is 14.9 Å². The molecule has 3 rings (SSSR count). The van der Waals surface area contributed by atoms with Crippen LogP contribution in [0.15, 0.2) is 53.2 Å². The molecule has 1 aromatic carbocycles. The van der Waals surface area contributed by atoms with Gasteiger partial charge in [0, 0.05) is 18.3 Å². The summed E-state index contributed by atoms with van der Waals surface area (Å²) in [6, 6.07) is 13.0. The lowest BCUT2D eigenvalue weighted by Crippen LogP contribution is -2.30. The van der Waals surface area contributed by atoms with Gasteiger partial charge in [0.15, 0.2) is 11.9 Å². The number of aromatic nitrogens is 3. The molecule has 23 heavy (non-hydrogen) atoms. The van der Waals surface area contributed by atoms with E-state index in [4.69, 9.17) is 9.26 Å². The number of aryl methyl sites for hydroxylation is 1. The number of para-hydroxylation sites is 1. The topological polar surface area (TPSA) is 82.2 Å². The molecule has 7 nitrogen and oxygen atoms in total. The van der Waals surface area contributed by atoms with Gasteiger partial charge in [-0.25, -0.2) is 4.68 Å². The van der Waals surface area contributed by atoms with Crippen LogP contribution in [-0.2, 0) is 4.79 Å². The fourth-order valence-electron chi connectivity index (χ4n) is 1.98. The molecule has 7 heteroatoms. The van der Waals surface area contributed by atoms with Crippen molar-refractivity contribution in [1.29, 1.82) is 0 Å². The van der Waals surface area contributed by atoms with Crippen molar-refractivity contribution in [2.45, 2.75) is 20.0 Å². The summed E-state index contributed by atoms with van der Waals surface area (Å²) in [5.74, 6) is 1.02. The molecule has 1 atom stereocenters. The van der Waals surface area contributed by atoms with Crippen LogP contribution in [0.1, 0.15) is 12.7 Å². The van der Waals surface area contributed by atoms with Crippen molar-refractivity contribution in [3.05, 3.63) is 54.4 Å². The fourth-order valence-corrected chi connectivity index (χ4v) is 1.98. The first-order valence-electron chi connectivity index (χ1n) is 7.14. The second kappa shape index (κ2) is 6.35. The zero-order valence-electron chi connectivity index (χ0n) is 12.8. The van der Waals surface area contributed by atoms with Gasteiger partial charge in [0.05, 0.1) is 5.69 Å². The molecule has 1 amide bonds. The number of benzene rings is 1. The molecule has 0 saturated heterocycles. The van der Waals surface area contributed by atoms with Gasteiger partial charge in [-0.15, -0.1) is 5.10 Å². The van der Waals surface area contributed by atoms with Crippen molar-refractivity contribution >= 4 is 11.7 Å². The molecule has 0 aliphatic heterocycles. The summed E-state index contributed by atoms with van der Waals surface area (Å²) in [7, 11) is 0. The van der Waals surface area contributed by atoms with E-state index in [1.54, 1.807) is 36.9 Å². The van der Waals surface area contributed by atoms with E-state index in [0.717, 1.165) is 5.69 Å². The molecule has 1 unspecified atom stereocenters. The van der Waals surface area contributed by atoms with E-state index in [2.05, 4.69) is 15.6 Å².